The number of nitrogens with zero attached hydrogens (tertiary/aromatic N) is 1. The molecule has 0 radical (unpaired) electrons. The molecule has 0 atom stereocenters. The van der Waals surface area contributed by atoms with Crippen LogP contribution in [0.5, 0.6) is 0 Å². The fraction of sp³-hybridized carbons (Fsp3) is 0.800. The lowest BCUT2D eigenvalue weighted by molar-refractivity contribution is -0.137. The van der Waals surface area contributed by atoms with Gasteiger partial charge in [0.25, 0.3) is 0 Å². The predicted octanol–water partition coefficient (Wildman–Crippen LogP) is 1.29. The van der Waals surface area contributed by atoms with Gasteiger partial charge >= 0.3 is 12.0 Å². The lowest BCUT2D eigenvalue weighted by Gasteiger charge is -2.27. The summed E-state index contributed by atoms with van der Waals surface area (Å²) in [6.07, 6.45) is -0.0241. The fourth-order valence-corrected chi connectivity index (χ4v) is 1.14. The molecular weight excluding hydrogens is 196 g/mol. The third-order valence-corrected chi connectivity index (χ3v) is 1.86. The van der Waals surface area contributed by atoms with Crippen molar-refractivity contribution in [1.29, 1.82) is 0 Å². The molecule has 0 spiro atoms. The highest BCUT2D eigenvalue weighted by atomic mass is 16.4. The number of hydrogen-bond acceptors (Lipinski definition) is 2. The van der Waals surface area contributed by atoms with Gasteiger partial charge in [0.1, 0.15) is 0 Å². The minimum atomic E-state index is -0.891. The van der Waals surface area contributed by atoms with Crippen molar-refractivity contribution in [2.45, 2.75) is 46.2 Å². The van der Waals surface area contributed by atoms with Crippen molar-refractivity contribution in [3.8, 4) is 0 Å². The number of urea groups is 1. The molecule has 15 heavy (non-hydrogen) atoms. The number of nitrogens with one attached hydrogen (secondary N) is 1. The average Bonchev–Trinajstić information content (AvgIpc) is 2.01. The first-order valence-electron chi connectivity index (χ1n) is 5.13. The second kappa shape index (κ2) is 6.27. The van der Waals surface area contributed by atoms with Gasteiger partial charge in [-0.2, -0.15) is 0 Å². The molecule has 0 saturated carbocycles. The standard InChI is InChI=1S/C10H20N2O3/c1-7(2)11-10(15)12(8(3)4)6-5-9(13)14/h7-8H,5-6H2,1-4H3,(H,11,15)(H,13,14). The summed E-state index contributed by atoms with van der Waals surface area (Å²) in [5, 5.41) is 11.3. The van der Waals surface area contributed by atoms with Crippen molar-refractivity contribution in [2.24, 2.45) is 0 Å². The molecular formula is C10H20N2O3. The van der Waals surface area contributed by atoms with Gasteiger partial charge in [0.2, 0.25) is 0 Å². The highest BCUT2D eigenvalue weighted by Crippen LogP contribution is 2.01. The molecule has 0 unspecified atom stereocenters. The maximum absolute atomic E-state index is 11.6. The zero-order valence-corrected chi connectivity index (χ0v) is 9.78. The van der Waals surface area contributed by atoms with Crippen LogP contribution in [0.3, 0.4) is 0 Å². The van der Waals surface area contributed by atoms with E-state index in [1.54, 1.807) is 0 Å². The van der Waals surface area contributed by atoms with Crippen molar-refractivity contribution in [3.63, 3.8) is 0 Å². The van der Waals surface area contributed by atoms with Gasteiger partial charge in [-0.05, 0) is 27.7 Å². The van der Waals surface area contributed by atoms with Crippen LogP contribution >= 0.6 is 0 Å². The largest absolute Gasteiger partial charge is 0.481 e. The van der Waals surface area contributed by atoms with E-state index in [1.807, 2.05) is 27.7 Å². The lowest BCUT2D eigenvalue weighted by Crippen LogP contribution is -2.47. The number of carboxylic acid groups (broad SMARTS) is 1. The minimum Gasteiger partial charge on any atom is -0.481 e. The summed E-state index contributed by atoms with van der Waals surface area (Å²) in [4.78, 5) is 23.6. The number of carbonyl (C=O) groups excluding carboxylic acids is 1. The van der Waals surface area contributed by atoms with Gasteiger partial charge in [0.15, 0.2) is 0 Å². The summed E-state index contributed by atoms with van der Waals surface area (Å²) in [6.45, 7) is 7.70. The van der Waals surface area contributed by atoms with Crippen molar-refractivity contribution in [2.75, 3.05) is 6.54 Å². The lowest BCUT2D eigenvalue weighted by atomic mass is 10.3. The first kappa shape index (κ1) is 13.7. The number of aliphatic carboxylic acids is 1. The Morgan fingerprint density at radius 1 is 1.27 bits per heavy atom. The first-order chi connectivity index (χ1) is 6.84. The number of amides is 2. The molecule has 0 fully saturated rings. The van der Waals surface area contributed by atoms with Gasteiger partial charge < -0.3 is 15.3 Å². The van der Waals surface area contributed by atoms with Gasteiger partial charge in [0.05, 0.1) is 6.42 Å². The normalized spacial score (nSPS) is 10.5. The molecule has 0 aliphatic rings. The van der Waals surface area contributed by atoms with Gasteiger partial charge in [-0.15, -0.1) is 0 Å². The number of carboxylic acids is 1. The van der Waals surface area contributed by atoms with E-state index in [0.29, 0.717) is 0 Å². The number of rotatable bonds is 5. The SMILES string of the molecule is CC(C)NC(=O)N(CCC(=O)O)C(C)C. The van der Waals surface area contributed by atoms with E-state index in [4.69, 9.17) is 5.11 Å². The van der Waals surface area contributed by atoms with Crippen molar-refractivity contribution >= 4 is 12.0 Å². The molecule has 5 heteroatoms. The predicted molar refractivity (Wildman–Crippen MR) is 57.8 cm³/mol. The Bertz CT molecular complexity index is 227. The van der Waals surface area contributed by atoms with E-state index in [1.165, 1.54) is 4.90 Å². The molecule has 0 aliphatic carbocycles. The maximum Gasteiger partial charge on any atom is 0.317 e. The van der Waals surface area contributed by atoms with Crippen molar-refractivity contribution < 1.29 is 14.7 Å². The second-order valence-electron chi connectivity index (χ2n) is 4.04. The van der Waals surface area contributed by atoms with E-state index in [2.05, 4.69) is 5.32 Å². The van der Waals surface area contributed by atoms with Gasteiger partial charge in [-0.25, -0.2) is 4.79 Å². The summed E-state index contributed by atoms with van der Waals surface area (Å²) >= 11 is 0. The summed E-state index contributed by atoms with van der Waals surface area (Å²) < 4.78 is 0. The number of carbonyl (C=O) groups is 2. The Morgan fingerprint density at radius 2 is 1.80 bits per heavy atom. The monoisotopic (exact) mass is 216 g/mol. The Labute approximate surface area is 90.5 Å². The Hall–Kier alpha value is -1.26. The molecule has 0 bridgehead atoms. The fourth-order valence-electron chi connectivity index (χ4n) is 1.14. The van der Waals surface area contributed by atoms with E-state index < -0.39 is 5.97 Å². The molecule has 2 N–H and O–H groups in total. The molecule has 2 amide bonds. The molecule has 5 nitrogen and oxygen atoms in total. The van der Waals surface area contributed by atoms with Crippen LogP contribution in [0.15, 0.2) is 0 Å². The number of hydrogen-bond donors (Lipinski definition) is 2. The van der Waals surface area contributed by atoms with Crippen LogP contribution in [0, 0.1) is 0 Å². The van der Waals surface area contributed by atoms with E-state index in [9.17, 15) is 9.59 Å². The van der Waals surface area contributed by atoms with Gasteiger partial charge in [-0.3, -0.25) is 4.79 Å². The minimum absolute atomic E-state index is 0.00287. The molecule has 0 heterocycles. The van der Waals surface area contributed by atoms with Crippen LogP contribution < -0.4 is 5.32 Å². The van der Waals surface area contributed by atoms with Crippen molar-refractivity contribution in [1.82, 2.24) is 10.2 Å². The molecule has 0 aromatic rings. The highest BCUT2D eigenvalue weighted by Gasteiger charge is 2.17. The summed E-state index contributed by atoms with van der Waals surface area (Å²) in [5.41, 5.74) is 0. The molecule has 0 saturated heterocycles. The topological polar surface area (TPSA) is 69.6 Å². The Balaban J connectivity index is 4.25. The van der Waals surface area contributed by atoms with Gasteiger partial charge in [0, 0.05) is 18.6 Å². The van der Waals surface area contributed by atoms with Crippen molar-refractivity contribution in [3.05, 3.63) is 0 Å². The molecule has 0 aromatic carbocycles. The summed E-state index contributed by atoms with van der Waals surface area (Å²) in [5.74, 6) is -0.891. The average molecular weight is 216 g/mol. The second-order valence-corrected chi connectivity index (χ2v) is 4.04. The zero-order chi connectivity index (χ0) is 12.0. The molecule has 0 aliphatic heterocycles. The van der Waals surface area contributed by atoms with Crippen LogP contribution in [0.1, 0.15) is 34.1 Å². The third-order valence-electron chi connectivity index (χ3n) is 1.86. The van der Waals surface area contributed by atoms with Crippen LogP contribution in [0.4, 0.5) is 4.79 Å². The molecule has 0 aromatic heterocycles. The maximum atomic E-state index is 11.6. The molecule has 88 valence electrons. The highest BCUT2D eigenvalue weighted by molar-refractivity contribution is 5.75. The van der Waals surface area contributed by atoms with Crippen LogP contribution in [0.2, 0.25) is 0 Å². The Kier molecular flexibility index (Phi) is 5.74. The van der Waals surface area contributed by atoms with E-state index >= 15 is 0 Å². The van der Waals surface area contributed by atoms with Crippen LogP contribution in [-0.2, 0) is 4.79 Å². The summed E-state index contributed by atoms with van der Waals surface area (Å²) in [7, 11) is 0. The van der Waals surface area contributed by atoms with Crippen LogP contribution in [-0.4, -0.2) is 40.6 Å². The summed E-state index contributed by atoms with van der Waals surface area (Å²) in [6, 6.07) is -0.145. The van der Waals surface area contributed by atoms with E-state index in [0.717, 1.165) is 0 Å². The van der Waals surface area contributed by atoms with E-state index in [-0.39, 0.29) is 31.1 Å². The Morgan fingerprint density at radius 3 is 2.13 bits per heavy atom. The van der Waals surface area contributed by atoms with Gasteiger partial charge in [-0.1, -0.05) is 0 Å². The quantitative estimate of drug-likeness (QED) is 0.727. The molecule has 0 rings (SSSR count). The zero-order valence-electron chi connectivity index (χ0n) is 9.78. The smallest absolute Gasteiger partial charge is 0.317 e. The third kappa shape index (κ3) is 5.93. The van der Waals surface area contributed by atoms with Crippen LogP contribution in [0.25, 0.3) is 0 Å². The first-order valence-corrected chi connectivity index (χ1v) is 5.13.